The maximum absolute atomic E-state index is 11.9. The van der Waals surface area contributed by atoms with Gasteiger partial charge in [0.15, 0.2) is 0 Å². The van der Waals surface area contributed by atoms with Crippen LogP contribution in [0.1, 0.15) is 60.7 Å². The number of hydrogen-bond donors (Lipinski definition) is 0. The molecule has 0 spiro atoms. The fourth-order valence-corrected chi connectivity index (χ4v) is 2.62. The molecule has 2 aromatic rings. The fourth-order valence-electron chi connectivity index (χ4n) is 2.62. The molecule has 22 heavy (non-hydrogen) atoms. The van der Waals surface area contributed by atoms with Crippen LogP contribution < -0.4 is 0 Å². The Balaban J connectivity index is 2.36. The van der Waals surface area contributed by atoms with Gasteiger partial charge in [-0.15, -0.1) is 0 Å². The fraction of sp³-hybridized carbons (Fsp3) is 0.350. The Labute approximate surface area is 133 Å². The van der Waals surface area contributed by atoms with Gasteiger partial charge in [-0.25, -0.2) is 4.79 Å². The SMILES string of the molecule is COC(=O)c1ccccc1C(C)c1ccc(C(C)(C)C)cc1. The lowest BCUT2D eigenvalue weighted by Gasteiger charge is -2.21. The van der Waals surface area contributed by atoms with Crippen molar-refractivity contribution in [3.63, 3.8) is 0 Å². The molecule has 2 aromatic carbocycles. The summed E-state index contributed by atoms with van der Waals surface area (Å²) in [7, 11) is 1.42. The maximum Gasteiger partial charge on any atom is 0.338 e. The molecule has 2 nitrogen and oxygen atoms in total. The summed E-state index contributed by atoms with van der Waals surface area (Å²) in [4.78, 5) is 11.9. The Morgan fingerprint density at radius 1 is 1.00 bits per heavy atom. The summed E-state index contributed by atoms with van der Waals surface area (Å²) in [6.07, 6.45) is 0. The molecule has 0 amide bonds. The predicted octanol–water partition coefficient (Wildman–Crippen LogP) is 4.92. The molecule has 0 bridgehead atoms. The van der Waals surface area contributed by atoms with Crippen molar-refractivity contribution in [2.24, 2.45) is 0 Å². The van der Waals surface area contributed by atoms with Crippen molar-refractivity contribution < 1.29 is 9.53 Å². The summed E-state index contributed by atoms with van der Waals surface area (Å²) in [5, 5.41) is 0. The number of hydrogen-bond acceptors (Lipinski definition) is 2. The van der Waals surface area contributed by atoms with Gasteiger partial charge in [-0.2, -0.15) is 0 Å². The molecule has 1 unspecified atom stereocenters. The molecular weight excluding hydrogens is 272 g/mol. The second-order valence-electron chi connectivity index (χ2n) is 6.67. The van der Waals surface area contributed by atoms with Crippen LogP contribution in [-0.2, 0) is 10.2 Å². The van der Waals surface area contributed by atoms with Gasteiger partial charge in [0, 0.05) is 5.92 Å². The number of methoxy groups -OCH3 is 1. The van der Waals surface area contributed by atoms with E-state index in [2.05, 4.69) is 52.0 Å². The molecule has 0 fully saturated rings. The van der Waals surface area contributed by atoms with E-state index in [1.165, 1.54) is 18.2 Å². The summed E-state index contributed by atoms with van der Waals surface area (Å²) >= 11 is 0. The van der Waals surface area contributed by atoms with Crippen LogP contribution in [0, 0.1) is 0 Å². The monoisotopic (exact) mass is 296 g/mol. The van der Waals surface area contributed by atoms with Crippen LogP contribution in [0.5, 0.6) is 0 Å². The number of carbonyl (C=O) groups excluding carboxylic acids is 1. The van der Waals surface area contributed by atoms with Crippen LogP contribution in [0.4, 0.5) is 0 Å². The lowest BCUT2D eigenvalue weighted by molar-refractivity contribution is 0.0599. The zero-order valence-electron chi connectivity index (χ0n) is 14.0. The number of benzene rings is 2. The highest BCUT2D eigenvalue weighted by Crippen LogP contribution is 2.29. The smallest absolute Gasteiger partial charge is 0.338 e. The van der Waals surface area contributed by atoms with Crippen LogP contribution in [0.3, 0.4) is 0 Å². The highest BCUT2D eigenvalue weighted by atomic mass is 16.5. The van der Waals surface area contributed by atoms with Gasteiger partial charge in [-0.05, 0) is 28.2 Å². The molecule has 0 N–H and O–H groups in total. The Hall–Kier alpha value is -2.09. The van der Waals surface area contributed by atoms with Crippen LogP contribution >= 0.6 is 0 Å². The first-order chi connectivity index (χ1) is 10.3. The molecule has 2 rings (SSSR count). The topological polar surface area (TPSA) is 26.3 Å². The van der Waals surface area contributed by atoms with Gasteiger partial charge < -0.3 is 4.74 Å². The Morgan fingerprint density at radius 2 is 1.59 bits per heavy atom. The molecule has 1 atom stereocenters. The number of carbonyl (C=O) groups is 1. The molecule has 0 aromatic heterocycles. The predicted molar refractivity (Wildman–Crippen MR) is 90.4 cm³/mol. The lowest BCUT2D eigenvalue weighted by Crippen LogP contribution is -2.11. The van der Waals surface area contributed by atoms with Crippen molar-refractivity contribution in [2.45, 2.75) is 39.0 Å². The van der Waals surface area contributed by atoms with Crippen LogP contribution in [0.2, 0.25) is 0 Å². The summed E-state index contributed by atoms with van der Waals surface area (Å²) in [5.41, 5.74) is 4.29. The van der Waals surface area contributed by atoms with Gasteiger partial charge in [-0.3, -0.25) is 0 Å². The molecule has 0 radical (unpaired) electrons. The van der Waals surface area contributed by atoms with E-state index in [-0.39, 0.29) is 17.3 Å². The second-order valence-corrected chi connectivity index (χ2v) is 6.67. The van der Waals surface area contributed by atoms with Gasteiger partial charge in [0.2, 0.25) is 0 Å². The van der Waals surface area contributed by atoms with Gasteiger partial charge in [0.1, 0.15) is 0 Å². The van der Waals surface area contributed by atoms with Crippen LogP contribution in [0.25, 0.3) is 0 Å². The Kier molecular flexibility index (Phi) is 4.70. The van der Waals surface area contributed by atoms with Gasteiger partial charge in [0.25, 0.3) is 0 Å². The van der Waals surface area contributed by atoms with Crippen molar-refractivity contribution >= 4 is 5.97 Å². The summed E-state index contributed by atoms with van der Waals surface area (Å²) < 4.78 is 4.89. The number of rotatable bonds is 3. The maximum atomic E-state index is 11.9. The highest BCUT2D eigenvalue weighted by molar-refractivity contribution is 5.91. The highest BCUT2D eigenvalue weighted by Gasteiger charge is 2.18. The summed E-state index contributed by atoms with van der Waals surface area (Å²) in [5.74, 6) is -0.141. The van der Waals surface area contributed by atoms with E-state index in [0.29, 0.717) is 5.56 Å². The minimum atomic E-state index is -0.284. The normalized spacial score (nSPS) is 12.8. The molecule has 0 saturated carbocycles. The van der Waals surface area contributed by atoms with Crippen molar-refractivity contribution in [3.05, 3.63) is 70.8 Å². The standard InChI is InChI=1S/C20H24O2/c1-14(15-10-12-16(13-11-15)20(2,3)4)17-8-6-7-9-18(17)19(21)22-5/h6-14H,1-5H3. The van der Waals surface area contributed by atoms with Gasteiger partial charge in [-0.1, -0.05) is 70.2 Å². The molecule has 0 aliphatic heterocycles. The first kappa shape index (κ1) is 16.3. The minimum absolute atomic E-state index is 0.143. The third-order valence-electron chi connectivity index (χ3n) is 4.11. The molecule has 0 aliphatic carbocycles. The Bertz CT molecular complexity index is 648. The quantitative estimate of drug-likeness (QED) is 0.751. The molecule has 2 heteroatoms. The van der Waals surface area contributed by atoms with E-state index in [4.69, 9.17) is 4.74 Å². The van der Waals surface area contributed by atoms with Gasteiger partial charge in [0.05, 0.1) is 12.7 Å². The first-order valence-corrected chi connectivity index (χ1v) is 7.62. The van der Waals surface area contributed by atoms with E-state index in [1.807, 2.05) is 24.3 Å². The van der Waals surface area contributed by atoms with Gasteiger partial charge >= 0.3 is 5.97 Å². The van der Waals surface area contributed by atoms with E-state index < -0.39 is 0 Å². The van der Waals surface area contributed by atoms with Crippen LogP contribution in [-0.4, -0.2) is 13.1 Å². The molecule has 0 saturated heterocycles. The second kappa shape index (κ2) is 6.35. The molecule has 116 valence electrons. The van der Waals surface area contributed by atoms with E-state index in [1.54, 1.807) is 0 Å². The molecular formula is C20H24O2. The van der Waals surface area contributed by atoms with E-state index >= 15 is 0 Å². The number of esters is 1. The third kappa shape index (κ3) is 3.38. The van der Waals surface area contributed by atoms with Crippen molar-refractivity contribution in [1.82, 2.24) is 0 Å². The molecule has 0 heterocycles. The number of ether oxygens (including phenoxy) is 1. The lowest BCUT2D eigenvalue weighted by atomic mass is 9.84. The van der Waals surface area contributed by atoms with Crippen molar-refractivity contribution in [1.29, 1.82) is 0 Å². The molecule has 0 aliphatic rings. The average molecular weight is 296 g/mol. The van der Waals surface area contributed by atoms with Crippen LogP contribution in [0.15, 0.2) is 48.5 Å². The third-order valence-corrected chi connectivity index (χ3v) is 4.11. The zero-order valence-corrected chi connectivity index (χ0v) is 14.0. The minimum Gasteiger partial charge on any atom is -0.465 e. The average Bonchev–Trinajstić information content (AvgIpc) is 2.52. The summed E-state index contributed by atoms with van der Waals surface area (Å²) in [6, 6.07) is 16.3. The zero-order chi connectivity index (χ0) is 16.3. The summed E-state index contributed by atoms with van der Waals surface area (Å²) in [6.45, 7) is 8.74. The van der Waals surface area contributed by atoms with Crippen molar-refractivity contribution in [2.75, 3.05) is 7.11 Å². The van der Waals surface area contributed by atoms with Crippen molar-refractivity contribution in [3.8, 4) is 0 Å². The van der Waals surface area contributed by atoms with E-state index in [0.717, 1.165) is 5.56 Å². The Morgan fingerprint density at radius 3 is 2.14 bits per heavy atom. The largest absolute Gasteiger partial charge is 0.465 e. The van der Waals surface area contributed by atoms with E-state index in [9.17, 15) is 4.79 Å². The first-order valence-electron chi connectivity index (χ1n) is 7.62.